The Balaban J connectivity index is 1.81. The Bertz CT molecular complexity index is 981. The van der Waals surface area contributed by atoms with Crippen LogP contribution >= 0.6 is 11.6 Å². The summed E-state index contributed by atoms with van der Waals surface area (Å²) >= 11 is 5.77. The van der Waals surface area contributed by atoms with Crippen molar-refractivity contribution < 1.29 is 34.8 Å². The lowest BCUT2D eigenvalue weighted by Crippen LogP contribution is -2.48. The van der Waals surface area contributed by atoms with Crippen molar-refractivity contribution in [2.45, 2.75) is 23.9 Å². The number of nitrogens with zero attached hydrogens (tertiary/aromatic N) is 4. The first-order valence-electron chi connectivity index (χ1n) is 8.47. The van der Waals surface area contributed by atoms with Gasteiger partial charge >= 0.3 is 12.4 Å². The Hall–Kier alpha value is -1.83. The second-order valence-corrected chi connectivity index (χ2v) is 8.98. The van der Waals surface area contributed by atoms with Crippen LogP contribution in [0.3, 0.4) is 0 Å². The molecule has 6 nitrogen and oxygen atoms in total. The maximum absolute atomic E-state index is 13.0. The summed E-state index contributed by atoms with van der Waals surface area (Å²) in [6.07, 6.45) is -7.27. The fourth-order valence-electron chi connectivity index (χ4n) is 2.96. The van der Waals surface area contributed by atoms with Gasteiger partial charge in [-0.15, -0.1) is 0 Å². The van der Waals surface area contributed by atoms with E-state index in [0.29, 0.717) is 11.7 Å². The molecule has 0 spiro atoms. The van der Waals surface area contributed by atoms with Gasteiger partial charge in [0.05, 0.1) is 33.9 Å². The molecule has 1 aliphatic heterocycles. The average Bonchev–Trinajstić information content (AvgIpc) is 3.05. The van der Waals surface area contributed by atoms with Crippen LogP contribution in [0.15, 0.2) is 35.5 Å². The molecule has 1 aromatic carbocycles. The molecule has 0 atom stereocenters. The van der Waals surface area contributed by atoms with Gasteiger partial charge in [0.1, 0.15) is 0 Å². The topological polar surface area (TPSA) is 58.4 Å². The minimum Gasteiger partial charge on any atom is -0.282 e. The van der Waals surface area contributed by atoms with Gasteiger partial charge in [-0.05, 0) is 18.2 Å². The van der Waals surface area contributed by atoms with Gasteiger partial charge in [0.25, 0.3) is 0 Å². The monoisotopic (exact) mass is 476 g/mol. The summed E-state index contributed by atoms with van der Waals surface area (Å²) in [6, 6.07) is 0.345. The van der Waals surface area contributed by atoms with E-state index < -0.39 is 38.4 Å². The first-order chi connectivity index (χ1) is 13.8. The molecule has 30 heavy (non-hydrogen) atoms. The second-order valence-electron chi connectivity index (χ2n) is 6.60. The van der Waals surface area contributed by atoms with Crippen LogP contribution in [0.25, 0.3) is 0 Å². The van der Waals surface area contributed by atoms with E-state index in [1.807, 2.05) is 4.90 Å². The number of hydrogen-bond donors (Lipinski definition) is 0. The third-order valence-electron chi connectivity index (χ3n) is 4.48. The smallest absolute Gasteiger partial charge is 0.282 e. The van der Waals surface area contributed by atoms with Crippen molar-refractivity contribution in [3.63, 3.8) is 0 Å². The van der Waals surface area contributed by atoms with Gasteiger partial charge in [-0.25, -0.2) is 8.42 Å². The van der Waals surface area contributed by atoms with E-state index in [1.54, 1.807) is 6.20 Å². The highest BCUT2D eigenvalue weighted by Crippen LogP contribution is 2.37. The molecule has 0 unspecified atom stereocenters. The van der Waals surface area contributed by atoms with Gasteiger partial charge in [0.15, 0.2) is 0 Å². The molecule has 1 saturated heterocycles. The quantitative estimate of drug-likeness (QED) is 0.633. The van der Waals surface area contributed by atoms with Crippen molar-refractivity contribution in [2.24, 2.45) is 0 Å². The normalized spacial score (nSPS) is 17.4. The highest BCUT2D eigenvalue weighted by atomic mass is 35.5. The van der Waals surface area contributed by atoms with E-state index in [-0.39, 0.29) is 44.4 Å². The molecule has 0 saturated carbocycles. The van der Waals surface area contributed by atoms with Crippen LogP contribution in [0.5, 0.6) is 0 Å². The fourth-order valence-corrected chi connectivity index (χ4v) is 4.61. The lowest BCUT2D eigenvalue weighted by molar-refractivity contribution is -0.143. The van der Waals surface area contributed by atoms with Crippen LogP contribution in [0.1, 0.15) is 11.1 Å². The van der Waals surface area contributed by atoms with Crippen LogP contribution < -0.4 is 0 Å². The van der Waals surface area contributed by atoms with Gasteiger partial charge in [-0.3, -0.25) is 9.58 Å². The lowest BCUT2D eigenvalue weighted by Gasteiger charge is -2.33. The Labute approximate surface area is 172 Å². The highest BCUT2D eigenvalue weighted by molar-refractivity contribution is 7.89. The maximum atomic E-state index is 13.0. The van der Waals surface area contributed by atoms with Crippen molar-refractivity contribution in [3.05, 3.63) is 46.7 Å². The SMILES string of the molecule is O=S(=O)(c1cc(C(F)(F)F)cc(C(F)(F)F)c1)N1CCN(Cn2cc(Cl)cn2)CC1. The third kappa shape index (κ3) is 5.07. The molecule has 14 heteroatoms. The van der Waals surface area contributed by atoms with E-state index in [1.165, 1.54) is 10.9 Å². The van der Waals surface area contributed by atoms with Crippen LogP contribution in [0, 0.1) is 0 Å². The van der Waals surface area contributed by atoms with Crippen molar-refractivity contribution >= 4 is 21.6 Å². The highest BCUT2D eigenvalue weighted by Gasteiger charge is 2.39. The summed E-state index contributed by atoms with van der Waals surface area (Å²) in [6.45, 7) is 0.524. The Morgan fingerprint density at radius 2 is 1.47 bits per heavy atom. The molecule has 1 fully saturated rings. The largest absolute Gasteiger partial charge is 0.416 e. The summed E-state index contributed by atoms with van der Waals surface area (Å²) in [7, 11) is -4.56. The van der Waals surface area contributed by atoms with Crippen molar-refractivity contribution in [1.82, 2.24) is 19.0 Å². The first kappa shape index (κ1) is 22.8. The summed E-state index contributed by atoms with van der Waals surface area (Å²) in [5.74, 6) is 0. The van der Waals surface area contributed by atoms with Crippen LogP contribution in [-0.4, -0.2) is 53.6 Å². The summed E-state index contributed by atoms with van der Waals surface area (Å²) < 4.78 is 106. The summed E-state index contributed by atoms with van der Waals surface area (Å²) in [5, 5.41) is 4.41. The van der Waals surface area contributed by atoms with Crippen molar-refractivity contribution in [2.75, 3.05) is 26.2 Å². The Morgan fingerprint density at radius 1 is 0.933 bits per heavy atom. The number of aromatic nitrogens is 2. The minimum atomic E-state index is -5.13. The summed E-state index contributed by atoms with van der Waals surface area (Å²) in [5.41, 5.74) is -3.35. The zero-order valence-electron chi connectivity index (χ0n) is 15.1. The van der Waals surface area contributed by atoms with Crippen LogP contribution in [0.4, 0.5) is 26.3 Å². The third-order valence-corrected chi connectivity index (χ3v) is 6.55. The number of rotatable bonds is 4. The van der Waals surface area contributed by atoms with Crippen molar-refractivity contribution in [1.29, 1.82) is 0 Å². The number of halogens is 7. The molecule has 3 rings (SSSR count). The number of hydrogen-bond acceptors (Lipinski definition) is 4. The van der Waals surface area contributed by atoms with E-state index in [9.17, 15) is 34.8 Å². The average molecular weight is 477 g/mol. The van der Waals surface area contributed by atoms with E-state index in [2.05, 4.69) is 5.10 Å². The van der Waals surface area contributed by atoms with Gasteiger partial charge in [0, 0.05) is 32.4 Å². The molecule has 0 N–H and O–H groups in total. The molecular formula is C16H15ClF6N4O2S. The first-order valence-corrected chi connectivity index (χ1v) is 10.3. The van der Waals surface area contributed by atoms with Crippen LogP contribution in [-0.2, 0) is 29.0 Å². The number of sulfonamides is 1. The van der Waals surface area contributed by atoms with Gasteiger partial charge in [0.2, 0.25) is 10.0 Å². The minimum absolute atomic E-state index is 0.102. The predicted molar refractivity (Wildman–Crippen MR) is 94.0 cm³/mol. The maximum Gasteiger partial charge on any atom is 0.416 e. The zero-order valence-corrected chi connectivity index (χ0v) is 16.7. The standard InChI is InChI=1S/C16H15ClF6N4O2S/c17-13-8-24-26(9-13)10-25-1-3-27(4-2-25)30(28,29)14-6-11(15(18,19)20)5-12(7-14)16(21,22)23/h5-9H,1-4,10H2. The van der Waals surface area contributed by atoms with Gasteiger partial charge in [-0.2, -0.15) is 35.7 Å². The lowest BCUT2D eigenvalue weighted by atomic mass is 10.1. The number of alkyl halides is 6. The molecule has 0 amide bonds. The molecule has 2 aromatic rings. The molecular weight excluding hydrogens is 462 g/mol. The van der Waals surface area contributed by atoms with Crippen LogP contribution in [0.2, 0.25) is 5.02 Å². The molecule has 1 aromatic heterocycles. The van der Waals surface area contributed by atoms with E-state index in [0.717, 1.165) is 4.31 Å². The predicted octanol–water partition coefficient (Wildman–Crippen LogP) is 3.54. The second kappa shape index (κ2) is 8.02. The Kier molecular flexibility index (Phi) is 6.11. The van der Waals surface area contributed by atoms with Gasteiger partial charge in [-0.1, -0.05) is 11.6 Å². The molecule has 0 aliphatic carbocycles. The zero-order chi connectivity index (χ0) is 22.3. The molecule has 2 heterocycles. The molecule has 0 radical (unpaired) electrons. The molecule has 166 valence electrons. The Morgan fingerprint density at radius 3 is 1.90 bits per heavy atom. The van der Waals surface area contributed by atoms with Crippen molar-refractivity contribution in [3.8, 4) is 0 Å². The number of benzene rings is 1. The fraction of sp³-hybridized carbons (Fsp3) is 0.438. The van der Waals surface area contributed by atoms with E-state index in [4.69, 9.17) is 11.6 Å². The van der Waals surface area contributed by atoms with E-state index >= 15 is 0 Å². The molecule has 0 bridgehead atoms. The molecule has 1 aliphatic rings. The van der Waals surface area contributed by atoms with Gasteiger partial charge < -0.3 is 0 Å². The number of piperazine rings is 1. The summed E-state index contributed by atoms with van der Waals surface area (Å²) in [4.78, 5) is 0.778.